The Morgan fingerprint density at radius 3 is 1.26 bits per heavy atom. The van der Waals surface area contributed by atoms with Crippen molar-refractivity contribution in [3.05, 3.63) is 106 Å². The molecule has 0 fully saturated rings. The van der Waals surface area contributed by atoms with Crippen molar-refractivity contribution in [1.29, 1.82) is 0 Å². The number of aliphatic hydroxyl groups excluding tert-OH is 1. The van der Waals surface area contributed by atoms with Crippen molar-refractivity contribution in [2.24, 2.45) is 0 Å². The molecule has 14 heteroatoms. The Bertz CT molecular complexity index is 1210. The molecule has 2 atom stereocenters. The number of ether oxygens (including phenoxy) is 1. The van der Waals surface area contributed by atoms with Crippen LogP contribution in [0, 0.1) is 0 Å². The molecular weight excluding hydrogens is 560 g/mol. The van der Waals surface area contributed by atoms with E-state index in [1.165, 1.54) is 24.3 Å². The molecule has 0 aromatic heterocycles. The van der Waals surface area contributed by atoms with Crippen molar-refractivity contribution < 1.29 is 62.5 Å². The van der Waals surface area contributed by atoms with Crippen LogP contribution in [0.15, 0.2) is 66.7 Å². The Kier molecular flexibility index (Phi) is 8.32. The third kappa shape index (κ3) is 7.66. The van der Waals surface area contributed by atoms with Crippen molar-refractivity contribution >= 4 is 0 Å². The number of hydrogen-bond acceptors (Lipinski definition) is 2. The van der Waals surface area contributed by atoms with Gasteiger partial charge in [-0.15, -0.1) is 0 Å². The Morgan fingerprint density at radius 1 is 0.538 bits per heavy atom. The molecule has 0 radical (unpaired) electrons. The maximum atomic E-state index is 13.4. The van der Waals surface area contributed by atoms with E-state index < -0.39 is 76.9 Å². The van der Waals surface area contributed by atoms with Gasteiger partial charge in [-0.3, -0.25) is 0 Å². The molecule has 1 N–H and O–H groups in total. The summed E-state index contributed by atoms with van der Waals surface area (Å²) >= 11 is 0. The van der Waals surface area contributed by atoms with E-state index in [1.807, 2.05) is 0 Å². The molecule has 0 bridgehead atoms. The molecule has 0 spiro atoms. The molecule has 0 aliphatic rings. The second kappa shape index (κ2) is 10.7. The molecule has 2 nitrogen and oxygen atoms in total. The molecule has 0 aliphatic heterocycles. The van der Waals surface area contributed by atoms with Crippen LogP contribution in [-0.4, -0.2) is 5.11 Å². The van der Waals surface area contributed by atoms with Gasteiger partial charge in [-0.2, -0.15) is 52.7 Å². The van der Waals surface area contributed by atoms with Crippen molar-refractivity contribution in [3.8, 4) is 0 Å². The molecule has 3 aromatic carbocycles. The molecule has 0 saturated carbocycles. The van der Waals surface area contributed by atoms with E-state index in [-0.39, 0.29) is 42.0 Å². The number of rotatable bonds is 6. The lowest BCUT2D eigenvalue weighted by molar-refractivity contribution is -0.145. The minimum atomic E-state index is -5.34. The normalized spacial score (nSPS) is 14.8. The monoisotopic (exact) mass is 576 g/mol. The van der Waals surface area contributed by atoms with Gasteiger partial charge in [0.1, 0.15) is 12.2 Å². The number of hydrogen-bond donors (Lipinski definition) is 1. The van der Waals surface area contributed by atoms with Crippen LogP contribution in [0.2, 0.25) is 0 Å². The molecule has 0 heterocycles. The summed E-state index contributed by atoms with van der Waals surface area (Å²) in [4.78, 5) is 0. The summed E-state index contributed by atoms with van der Waals surface area (Å²) in [6.45, 7) is -0.578. The lowest BCUT2D eigenvalue weighted by Gasteiger charge is -2.27. The van der Waals surface area contributed by atoms with Gasteiger partial charge in [-0.25, -0.2) is 0 Å². The fourth-order valence-corrected chi connectivity index (χ4v) is 3.60. The summed E-state index contributed by atoms with van der Waals surface area (Å²) in [6.07, 6.45) is -26.1. The predicted octanol–water partition coefficient (Wildman–Crippen LogP) is 8.75. The summed E-state index contributed by atoms with van der Waals surface area (Å²) < 4.78 is 166. The van der Waals surface area contributed by atoms with E-state index >= 15 is 0 Å². The lowest BCUT2D eigenvalue weighted by Crippen LogP contribution is -2.20. The third-order valence-corrected chi connectivity index (χ3v) is 5.45. The summed E-state index contributed by atoms with van der Waals surface area (Å²) in [5.41, 5.74) is -9.15. The SMILES string of the molecule is O[C@H](c1cc(C(F)(F)F)cc(C(F)(F)F)c1)[C@H](OCc1ccccc1)c1cc(C(F)(F)F)cc(C(F)(F)F)c1. The molecule has 212 valence electrons. The van der Waals surface area contributed by atoms with Gasteiger partial charge in [0.15, 0.2) is 0 Å². The molecule has 3 rings (SSSR count). The molecular formula is C25H16F12O2. The van der Waals surface area contributed by atoms with Crippen LogP contribution >= 0.6 is 0 Å². The first-order valence-electron chi connectivity index (χ1n) is 10.7. The van der Waals surface area contributed by atoms with Crippen LogP contribution in [0.3, 0.4) is 0 Å². The zero-order valence-corrected chi connectivity index (χ0v) is 19.1. The number of aliphatic hydroxyl groups is 1. The molecule has 3 aromatic rings. The fourth-order valence-electron chi connectivity index (χ4n) is 3.60. The van der Waals surface area contributed by atoms with E-state index in [1.54, 1.807) is 6.07 Å². The van der Waals surface area contributed by atoms with Gasteiger partial charge in [0.05, 0.1) is 28.9 Å². The average molecular weight is 576 g/mol. The smallest absolute Gasteiger partial charge is 0.385 e. The standard InChI is InChI=1S/C25H16F12O2/c26-22(27,28)16-6-14(7-17(10-16)23(29,30)31)20(38)21(39-12-13-4-2-1-3-5-13)15-8-18(24(32,33)34)11-19(9-15)25(35,36)37/h1-11,20-21,38H,12H2/t20-,21-/m1/s1. The largest absolute Gasteiger partial charge is 0.416 e. The van der Waals surface area contributed by atoms with E-state index in [0.717, 1.165) is 0 Å². The van der Waals surface area contributed by atoms with Crippen LogP contribution < -0.4 is 0 Å². The zero-order chi connectivity index (χ0) is 29.4. The first-order valence-corrected chi connectivity index (χ1v) is 10.7. The zero-order valence-electron chi connectivity index (χ0n) is 19.1. The van der Waals surface area contributed by atoms with E-state index in [2.05, 4.69) is 0 Å². The van der Waals surface area contributed by atoms with Gasteiger partial charge < -0.3 is 9.84 Å². The van der Waals surface area contributed by atoms with Crippen LogP contribution in [0.4, 0.5) is 52.7 Å². The van der Waals surface area contributed by atoms with Crippen molar-refractivity contribution in [3.63, 3.8) is 0 Å². The first kappa shape index (κ1) is 30.3. The maximum Gasteiger partial charge on any atom is 0.416 e. The first-order chi connectivity index (χ1) is 17.8. The van der Waals surface area contributed by atoms with E-state index in [4.69, 9.17) is 4.74 Å². The summed E-state index contributed by atoms with van der Waals surface area (Å²) in [5, 5.41) is 10.9. The molecule has 0 unspecified atom stereocenters. The van der Waals surface area contributed by atoms with Gasteiger partial charge in [-0.1, -0.05) is 30.3 Å². The van der Waals surface area contributed by atoms with Crippen LogP contribution in [0.5, 0.6) is 0 Å². The molecule has 0 saturated heterocycles. The quantitative estimate of drug-likeness (QED) is 0.298. The molecule has 39 heavy (non-hydrogen) atoms. The molecule has 0 amide bonds. The number of benzene rings is 3. The summed E-state index contributed by atoms with van der Waals surface area (Å²) in [5.74, 6) is 0. The van der Waals surface area contributed by atoms with Gasteiger partial charge in [-0.05, 0) is 53.1 Å². The highest BCUT2D eigenvalue weighted by Gasteiger charge is 2.41. The second-order valence-corrected chi connectivity index (χ2v) is 8.34. The van der Waals surface area contributed by atoms with Crippen LogP contribution in [0.1, 0.15) is 51.2 Å². The summed E-state index contributed by atoms with van der Waals surface area (Å²) in [7, 11) is 0. The Hall–Kier alpha value is -3.26. The van der Waals surface area contributed by atoms with Crippen LogP contribution in [0.25, 0.3) is 0 Å². The second-order valence-electron chi connectivity index (χ2n) is 8.34. The van der Waals surface area contributed by atoms with Crippen molar-refractivity contribution in [1.82, 2.24) is 0 Å². The Labute approximate surface area is 212 Å². The topological polar surface area (TPSA) is 29.5 Å². The minimum absolute atomic E-state index is 0.108. The molecule has 0 aliphatic carbocycles. The third-order valence-electron chi connectivity index (χ3n) is 5.45. The van der Waals surface area contributed by atoms with Crippen LogP contribution in [-0.2, 0) is 36.0 Å². The fraction of sp³-hybridized carbons (Fsp3) is 0.280. The van der Waals surface area contributed by atoms with Gasteiger partial charge in [0, 0.05) is 0 Å². The maximum absolute atomic E-state index is 13.4. The van der Waals surface area contributed by atoms with Gasteiger partial charge in [0.2, 0.25) is 0 Å². The van der Waals surface area contributed by atoms with Gasteiger partial charge in [0.25, 0.3) is 0 Å². The summed E-state index contributed by atoms with van der Waals surface area (Å²) in [6, 6.07) is 7.45. The minimum Gasteiger partial charge on any atom is -0.385 e. The average Bonchev–Trinajstić information content (AvgIpc) is 2.82. The van der Waals surface area contributed by atoms with E-state index in [0.29, 0.717) is 0 Å². The Morgan fingerprint density at radius 2 is 0.897 bits per heavy atom. The predicted molar refractivity (Wildman–Crippen MR) is 112 cm³/mol. The van der Waals surface area contributed by atoms with Crippen molar-refractivity contribution in [2.45, 2.75) is 43.5 Å². The van der Waals surface area contributed by atoms with Crippen molar-refractivity contribution in [2.75, 3.05) is 0 Å². The number of halogens is 12. The highest BCUT2D eigenvalue weighted by molar-refractivity contribution is 5.39. The van der Waals surface area contributed by atoms with Gasteiger partial charge >= 0.3 is 24.7 Å². The lowest BCUT2D eigenvalue weighted by atomic mass is 9.92. The highest BCUT2D eigenvalue weighted by atomic mass is 19.4. The van der Waals surface area contributed by atoms with E-state index in [9.17, 15) is 57.8 Å². The number of alkyl halides is 12. The Balaban J connectivity index is 2.22. The highest BCUT2D eigenvalue weighted by Crippen LogP contribution is 2.43.